The largest absolute Gasteiger partial charge is 0.390 e. The number of carbonyl (C=O) groups excluding carboxylic acids is 1. The number of aryl methyl sites for hydroxylation is 2. The Labute approximate surface area is 212 Å². The standard InChI is InChI=1S/C28H36N4O2S/c1-5-32-18-21-11-12-35-31(4)24-14-22(15-25(32)27(21)24)28(34)30-23(13-20-9-7-6-8-10-20)26(33)17-29-16-19(2)3/h6-10,14-15,18,23,26,29,33H,2,5,11-13,16-17H2,1,3-4H3,(H,30,34)/t23-,26+/m0/s1. The number of aliphatic hydroxyl groups is 1. The summed E-state index contributed by atoms with van der Waals surface area (Å²) in [5, 5.41) is 18.6. The Kier molecular flexibility index (Phi) is 8.21. The molecule has 0 spiro atoms. The minimum absolute atomic E-state index is 0.170. The Morgan fingerprint density at radius 3 is 2.74 bits per heavy atom. The van der Waals surface area contributed by atoms with Gasteiger partial charge in [-0.05, 0) is 61.9 Å². The Balaban J connectivity index is 1.62. The van der Waals surface area contributed by atoms with Crippen LogP contribution in [0.1, 0.15) is 35.3 Å². The van der Waals surface area contributed by atoms with Crippen molar-refractivity contribution in [2.45, 2.75) is 45.4 Å². The normalized spacial score (nSPS) is 15.0. The summed E-state index contributed by atoms with van der Waals surface area (Å²) in [4.78, 5) is 13.6. The number of hydrogen-bond acceptors (Lipinski definition) is 5. The van der Waals surface area contributed by atoms with E-state index in [1.807, 2.05) is 49.4 Å². The molecule has 0 saturated heterocycles. The van der Waals surface area contributed by atoms with Crippen LogP contribution in [-0.4, -0.2) is 53.6 Å². The summed E-state index contributed by atoms with van der Waals surface area (Å²) < 4.78 is 4.40. The first-order valence-electron chi connectivity index (χ1n) is 12.3. The smallest absolute Gasteiger partial charge is 0.251 e. The van der Waals surface area contributed by atoms with Gasteiger partial charge in [-0.2, -0.15) is 0 Å². The number of aromatic nitrogens is 1. The van der Waals surface area contributed by atoms with E-state index in [4.69, 9.17) is 0 Å². The zero-order chi connectivity index (χ0) is 24.9. The van der Waals surface area contributed by atoms with E-state index < -0.39 is 12.1 Å². The number of benzene rings is 2. The summed E-state index contributed by atoms with van der Waals surface area (Å²) in [5.41, 5.74) is 6.17. The molecule has 2 aromatic carbocycles. The molecule has 0 saturated carbocycles. The van der Waals surface area contributed by atoms with Gasteiger partial charge in [0.1, 0.15) is 0 Å². The van der Waals surface area contributed by atoms with Crippen molar-refractivity contribution in [3.63, 3.8) is 0 Å². The minimum atomic E-state index is -0.742. The molecule has 0 bridgehead atoms. The lowest BCUT2D eigenvalue weighted by Crippen LogP contribution is -2.49. The number of amides is 1. The van der Waals surface area contributed by atoms with E-state index in [9.17, 15) is 9.90 Å². The van der Waals surface area contributed by atoms with E-state index >= 15 is 0 Å². The zero-order valence-corrected chi connectivity index (χ0v) is 21.7. The summed E-state index contributed by atoms with van der Waals surface area (Å²) in [6.07, 6.45) is 3.04. The Hall–Kier alpha value is -2.74. The maximum absolute atomic E-state index is 13.6. The molecule has 0 radical (unpaired) electrons. The van der Waals surface area contributed by atoms with E-state index in [0.717, 1.165) is 41.1 Å². The van der Waals surface area contributed by atoms with E-state index in [1.165, 1.54) is 10.9 Å². The predicted octanol–water partition coefficient (Wildman–Crippen LogP) is 4.17. The second kappa shape index (κ2) is 11.3. The molecule has 2 heterocycles. The Bertz CT molecular complexity index is 1190. The lowest BCUT2D eigenvalue weighted by molar-refractivity contribution is 0.0832. The first-order chi connectivity index (χ1) is 16.9. The lowest BCUT2D eigenvalue weighted by Gasteiger charge is -2.25. The molecule has 0 aliphatic carbocycles. The molecule has 1 amide bonds. The first-order valence-corrected chi connectivity index (χ1v) is 13.2. The lowest BCUT2D eigenvalue weighted by atomic mass is 10.00. The third kappa shape index (κ3) is 5.92. The molecule has 1 aliphatic heterocycles. The van der Waals surface area contributed by atoms with Crippen LogP contribution in [0.4, 0.5) is 5.69 Å². The Morgan fingerprint density at radius 1 is 1.26 bits per heavy atom. The Morgan fingerprint density at radius 2 is 2.03 bits per heavy atom. The monoisotopic (exact) mass is 492 g/mol. The summed E-state index contributed by atoms with van der Waals surface area (Å²) in [5.74, 6) is 0.842. The van der Waals surface area contributed by atoms with Gasteiger partial charge in [-0.15, -0.1) is 0 Å². The SMILES string of the molecule is C=C(C)CNC[C@@H](O)[C@H](Cc1ccccc1)NC(=O)c1cc2c3c(cn(CC)c3c1)CCSN2C. The summed E-state index contributed by atoms with van der Waals surface area (Å²) in [6.45, 7) is 9.83. The number of carbonyl (C=O) groups is 1. The van der Waals surface area contributed by atoms with Crippen molar-refractivity contribution < 1.29 is 9.90 Å². The number of nitrogens with one attached hydrogen (secondary N) is 2. The van der Waals surface area contributed by atoms with Gasteiger partial charge in [0.25, 0.3) is 5.91 Å². The van der Waals surface area contributed by atoms with Gasteiger partial charge < -0.3 is 24.6 Å². The number of anilines is 1. The van der Waals surface area contributed by atoms with E-state index in [1.54, 1.807) is 11.9 Å². The molecule has 2 atom stereocenters. The highest BCUT2D eigenvalue weighted by Crippen LogP contribution is 2.38. The fourth-order valence-corrected chi connectivity index (χ4v) is 5.53. The fourth-order valence-electron chi connectivity index (χ4n) is 4.66. The van der Waals surface area contributed by atoms with Gasteiger partial charge in [0, 0.05) is 49.6 Å². The van der Waals surface area contributed by atoms with Crippen LogP contribution in [0.5, 0.6) is 0 Å². The van der Waals surface area contributed by atoms with Crippen molar-refractivity contribution >= 4 is 34.4 Å². The molecule has 7 heteroatoms. The average Bonchev–Trinajstić information content (AvgIpc) is 3.12. The van der Waals surface area contributed by atoms with Crippen LogP contribution in [0.15, 0.2) is 60.8 Å². The fraction of sp³-hybridized carbons (Fsp3) is 0.393. The summed E-state index contributed by atoms with van der Waals surface area (Å²) >= 11 is 1.78. The van der Waals surface area contributed by atoms with Crippen molar-refractivity contribution in [1.29, 1.82) is 0 Å². The maximum atomic E-state index is 13.6. The molecule has 0 unspecified atom stereocenters. The molecule has 3 aromatic rings. The highest BCUT2D eigenvalue weighted by atomic mass is 32.2. The van der Waals surface area contributed by atoms with Gasteiger partial charge in [0.05, 0.1) is 23.3 Å². The molecule has 1 aliphatic rings. The van der Waals surface area contributed by atoms with Crippen LogP contribution in [0.25, 0.3) is 10.9 Å². The van der Waals surface area contributed by atoms with Crippen LogP contribution in [0.3, 0.4) is 0 Å². The van der Waals surface area contributed by atoms with Crippen molar-refractivity contribution in [3.05, 3.63) is 77.5 Å². The van der Waals surface area contributed by atoms with Crippen LogP contribution < -0.4 is 14.9 Å². The molecule has 1 aromatic heterocycles. The summed E-state index contributed by atoms with van der Waals surface area (Å²) in [7, 11) is 2.06. The van der Waals surface area contributed by atoms with Gasteiger partial charge in [-0.1, -0.05) is 42.5 Å². The third-order valence-corrected chi connectivity index (χ3v) is 7.47. The molecule has 35 heavy (non-hydrogen) atoms. The minimum Gasteiger partial charge on any atom is -0.390 e. The van der Waals surface area contributed by atoms with Crippen molar-refractivity contribution in [3.8, 4) is 0 Å². The predicted molar refractivity (Wildman–Crippen MR) is 147 cm³/mol. The highest BCUT2D eigenvalue weighted by molar-refractivity contribution is 8.00. The molecule has 3 N–H and O–H groups in total. The van der Waals surface area contributed by atoms with E-state index in [0.29, 0.717) is 25.1 Å². The highest BCUT2D eigenvalue weighted by Gasteiger charge is 2.25. The second-order valence-electron chi connectivity index (χ2n) is 9.34. The molecule has 4 rings (SSSR count). The van der Waals surface area contributed by atoms with Crippen LogP contribution in [-0.2, 0) is 19.4 Å². The number of hydrogen-bond donors (Lipinski definition) is 3. The van der Waals surface area contributed by atoms with Crippen LogP contribution in [0, 0.1) is 0 Å². The molecular weight excluding hydrogens is 456 g/mol. The average molecular weight is 493 g/mol. The third-order valence-electron chi connectivity index (χ3n) is 6.50. The molecule has 0 fully saturated rings. The van der Waals surface area contributed by atoms with E-state index in [2.05, 4.69) is 46.3 Å². The van der Waals surface area contributed by atoms with Gasteiger partial charge in [-0.3, -0.25) is 4.79 Å². The van der Waals surface area contributed by atoms with Crippen molar-refractivity contribution in [1.82, 2.24) is 15.2 Å². The van der Waals surface area contributed by atoms with E-state index in [-0.39, 0.29) is 5.91 Å². The molecule has 186 valence electrons. The number of aliphatic hydroxyl groups excluding tert-OH is 1. The van der Waals surface area contributed by atoms with Gasteiger partial charge in [0.2, 0.25) is 0 Å². The first kappa shape index (κ1) is 25.4. The van der Waals surface area contributed by atoms with Crippen molar-refractivity contribution in [2.24, 2.45) is 0 Å². The quantitative estimate of drug-likeness (QED) is 0.293. The number of rotatable bonds is 10. The topological polar surface area (TPSA) is 69.5 Å². The van der Waals surface area contributed by atoms with Crippen molar-refractivity contribution in [2.75, 3.05) is 30.2 Å². The molecular formula is C28H36N4O2S. The van der Waals surface area contributed by atoms with Gasteiger partial charge in [0.15, 0.2) is 0 Å². The second-order valence-corrected chi connectivity index (χ2v) is 10.5. The van der Waals surface area contributed by atoms with Gasteiger partial charge in [-0.25, -0.2) is 0 Å². The number of nitrogens with zero attached hydrogens (tertiary/aromatic N) is 2. The van der Waals surface area contributed by atoms with Crippen LogP contribution >= 0.6 is 11.9 Å². The van der Waals surface area contributed by atoms with Crippen LogP contribution in [0.2, 0.25) is 0 Å². The van der Waals surface area contributed by atoms with Gasteiger partial charge >= 0.3 is 0 Å². The molecule has 6 nitrogen and oxygen atoms in total. The maximum Gasteiger partial charge on any atom is 0.251 e. The summed E-state index contributed by atoms with van der Waals surface area (Å²) in [6, 6.07) is 13.5. The zero-order valence-electron chi connectivity index (χ0n) is 20.9.